The maximum absolute atomic E-state index is 5.77. The molecular formula is C21H22N4O. The number of nitrogens with two attached hydrogens (primary N) is 1. The Labute approximate surface area is 153 Å². The van der Waals surface area contributed by atoms with Crippen LogP contribution in [0.3, 0.4) is 0 Å². The number of rotatable bonds is 4. The van der Waals surface area contributed by atoms with Crippen LogP contribution in [0.5, 0.6) is 5.75 Å². The number of aromatic nitrogens is 2. The van der Waals surface area contributed by atoms with Gasteiger partial charge in [-0.15, -0.1) is 0 Å². The fraction of sp³-hybridized carbons (Fsp3) is 0.238. The number of nitrogens with zero attached hydrogens (tertiary/aromatic N) is 3. The summed E-state index contributed by atoms with van der Waals surface area (Å²) in [5.41, 5.74) is 11.2. The van der Waals surface area contributed by atoms with Crippen molar-refractivity contribution in [3.05, 3.63) is 71.5 Å². The number of hydrogen-bond acceptors (Lipinski definition) is 5. The van der Waals surface area contributed by atoms with Crippen molar-refractivity contribution in [1.29, 1.82) is 0 Å². The van der Waals surface area contributed by atoms with E-state index in [9.17, 15) is 0 Å². The molecule has 132 valence electrons. The zero-order valence-electron chi connectivity index (χ0n) is 14.9. The van der Waals surface area contributed by atoms with Crippen LogP contribution in [0.1, 0.15) is 16.8 Å². The second-order valence-electron chi connectivity index (χ2n) is 6.60. The van der Waals surface area contributed by atoms with Gasteiger partial charge in [0, 0.05) is 37.1 Å². The predicted molar refractivity (Wildman–Crippen MR) is 103 cm³/mol. The largest absolute Gasteiger partial charge is 0.497 e. The summed E-state index contributed by atoms with van der Waals surface area (Å²) < 4.78 is 5.23. The first-order chi connectivity index (χ1) is 12.7. The van der Waals surface area contributed by atoms with Crippen molar-refractivity contribution in [1.82, 2.24) is 14.9 Å². The highest BCUT2D eigenvalue weighted by Gasteiger charge is 2.19. The van der Waals surface area contributed by atoms with E-state index >= 15 is 0 Å². The lowest BCUT2D eigenvalue weighted by Crippen LogP contribution is -2.31. The van der Waals surface area contributed by atoms with Crippen molar-refractivity contribution in [2.75, 3.05) is 19.4 Å². The lowest BCUT2D eigenvalue weighted by molar-refractivity contribution is 0.241. The van der Waals surface area contributed by atoms with E-state index in [1.165, 1.54) is 11.1 Å². The van der Waals surface area contributed by atoms with Gasteiger partial charge in [0.1, 0.15) is 5.75 Å². The Bertz CT molecular complexity index is 891. The highest BCUT2D eigenvalue weighted by Crippen LogP contribution is 2.23. The zero-order valence-corrected chi connectivity index (χ0v) is 14.9. The molecule has 1 aliphatic heterocycles. The van der Waals surface area contributed by atoms with E-state index in [1.54, 1.807) is 7.11 Å². The summed E-state index contributed by atoms with van der Waals surface area (Å²) in [5.74, 6) is 1.65. The van der Waals surface area contributed by atoms with Crippen LogP contribution in [0.4, 0.5) is 5.69 Å². The average Bonchev–Trinajstić information content (AvgIpc) is 2.68. The van der Waals surface area contributed by atoms with Gasteiger partial charge in [0.25, 0.3) is 0 Å². The molecule has 1 aliphatic rings. The van der Waals surface area contributed by atoms with Gasteiger partial charge in [-0.1, -0.05) is 12.1 Å². The number of methoxy groups -OCH3 is 1. The summed E-state index contributed by atoms with van der Waals surface area (Å²) in [4.78, 5) is 11.8. The molecule has 3 aromatic rings. The van der Waals surface area contributed by atoms with E-state index in [0.29, 0.717) is 0 Å². The molecule has 0 fully saturated rings. The number of ether oxygens (including phenoxy) is 1. The first-order valence-electron chi connectivity index (χ1n) is 8.77. The van der Waals surface area contributed by atoms with E-state index in [1.807, 2.05) is 42.6 Å². The Morgan fingerprint density at radius 3 is 2.58 bits per heavy atom. The van der Waals surface area contributed by atoms with Crippen LogP contribution in [0, 0.1) is 0 Å². The molecule has 2 heterocycles. The minimum Gasteiger partial charge on any atom is -0.497 e. The van der Waals surface area contributed by atoms with E-state index < -0.39 is 0 Å². The standard InChI is InChI=1S/C21H22N4O/c1-26-19-8-2-15(3-9-19)13-25-11-10-17-12-23-21(24-20(17)14-25)16-4-6-18(22)7-5-16/h2-9,12H,10-11,13-14,22H2,1H3. The molecule has 26 heavy (non-hydrogen) atoms. The molecule has 0 amide bonds. The molecule has 0 spiro atoms. The molecule has 5 nitrogen and oxygen atoms in total. The van der Waals surface area contributed by atoms with Crippen molar-refractivity contribution in [2.45, 2.75) is 19.5 Å². The molecular weight excluding hydrogens is 324 g/mol. The van der Waals surface area contributed by atoms with Crippen molar-refractivity contribution in [3.63, 3.8) is 0 Å². The van der Waals surface area contributed by atoms with Gasteiger partial charge in [0.15, 0.2) is 5.82 Å². The van der Waals surface area contributed by atoms with Crippen molar-refractivity contribution in [2.24, 2.45) is 0 Å². The smallest absolute Gasteiger partial charge is 0.159 e. The third-order valence-corrected chi connectivity index (χ3v) is 4.76. The van der Waals surface area contributed by atoms with Crippen LogP contribution in [0.15, 0.2) is 54.7 Å². The van der Waals surface area contributed by atoms with Gasteiger partial charge >= 0.3 is 0 Å². The Kier molecular flexibility index (Phi) is 4.54. The summed E-state index contributed by atoms with van der Waals surface area (Å²) in [6.45, 7) is 2.76. The highest BCUT2D eigenvalue weighted by molar-refractivity contribution is 5.58. The molecule has 4 rings (SSSR count). The quantitative estimate of drug-likeness (QED) is 0.735. The van der Waals surface area contributed by atoms with Gasteiger partial charge < -0.3 is 10.5 Å². The molecule has 0 radical (unpaired) electrons. The van der Waals surface area contributed by atoms with Crippen molar-refractivity contribution in [3.8, 4) is 17.1 Å². The monoisotopic (exact) mass is 346 g/mol. The van der Waals surface area contributed by atoms with Crippen LogP contribution in [-0.2, 0) is 19.5 Å². The normalized spacial score (nSPS) is 14.0. The molecule has 0 bridgehead atoms. The molecule has 0 saturated heterocycles. The summed E-state index contributed by atoms with van der Waals surface area (Å²) >= 11 is 0. The molecule has 2 aromatic carbocycles. The number of nitrogen functional groups attached to an aromatic ring is 1. The van der Waals surface area contributed by atoms with E-state index in [2.05, 4.69) is 22.0 Å². The van der Waals surface area contributed by atoms with Gasteiger partial charge in [0.2, 0.25) is 0 Å². The number of anilines is 1. The first-order valence-corrected chi connectivity index (χ1v) is 8.77. The predicted octanol–water partition coefficient (Wildman–Crippen LogP) is 3.29. The maximum Gasteiger partial charge on any atom is 0.159 e. The van der Waals surface area contributed by atoms with Crippen LogP contribution in [0.25, 0.3) is 11.4 Å². The summed E-state index contributed by atoms with van der Waals surface area (Å²) in [7, 11) is 1.69. The Morgan fingerprint density at radius 1 is 1.08 bits per heavy atom. The third-order valence-electron chi connectivity index (χ3n) is 4.76. The summed E-state index contributed by atoms with van der Waals surface area (Å²) in [5, 5.41) is 0. The first kappa shape index (κ1) is 16.5. The topological polar surface area (TPSA) is 64.3 Å². The minimum atomic E-state index is 0.748. The molecule has 0 aliphatic carbocycles. The van der Waals surface area contributed by atoms with E-state index in [4.69, 9.17) is 15.5 Å². The van der Waals surface area contributed by atoms with Gasteiger partial charge in [-0.3, -0.25) is 4.90 Å². The third kappa shape index (κ3) is 3.53. The minimum absolute atomic E-state index is 0.748. The van der Waals surface area contributed by atoms with E-state index in [0.717, 1.165) is 54.6 Å². The zero-order chi connectivity index (χ0) is 17.9. The number of hydrogen-bond donors (Lipinski definition) is 1. The van der Waals surface area contributed by atoms with Gasteiger partial charge in [-0.05, 0) is 53.9 Å². The summed E-state index contributed by atoms with van der Waals surface area (Å²) in [6.07, 6.45) is 2.95. The summed E-state index contributed by atoms with van der Waals surface area (Å²) in [6, 6.07) is 16.0. The molecule has 0 atom stereocenters. The lowest BCUT2D eigenvalue weighted by Gasteiger charge is -2.28. The number of benzene rings is 2. The maximum atomic E-state index is 5.77. The molecule has 1 aromatic heterocycles. The van der Waals surface area contributed by atoms with Crippen LogP contribution >= 0.6 is 0 Å². The van der Waals surface area contributed by atoms with Crippen molar-refractivity contribution >= 4 is 5.69 Å². The van der Waals surface area contributed by atoms with Gasteiger partial charge in [0.05, 0.1) is 12.8 Å². The Balaban J connectivity index is 1.51. The fourth-order valence-electron chi connectivity index (χ4n) is 3.25. The second kappa shape index (κ2) is 7.14. The Hall–Kier alpha value is -2.92. The van der Waals surface area contributed by atoms with Crippen molar-refractivity contribution < 1.29 is 4.74 Å². The van der Waals surface area contributed by atoms with Crippen LogP contribution in [0.2, 0.25) is 0 Å². The molecule has 0 unspecified atom stereocenters. The molecule has 0 saturated carbocycles. The van der Waals surface area contributed by atoms with Gasteiger partial charge in [-0.2, -0.15) is 0 Å². The number of fused-ring (bicyclic) bond motifs is 1. The van der Waals surface area contributed by atoms with Crippen LogP contribution in [-0.4, -0.2) is 28.5 Å². The highest BCUT2D eigenvalue weighted by atomic mass is 16.5. The van der Waals surface area contributed by atoms with Crippen LogP contribution < -0.4 is 10.5 Å². The lowest BCUT2D eigenvalue weighted by atomic mass is 10.1. The SMILES string of the molecule is COc1ccc(CN2CCc3cnc(-c4ccc(N)cc4)nc3C2)cc1. The van der Waals surface area contributed by atoms with Gasteiger partial charge in [-0.25, -0.2) is 9.97 Å². The molecule has 2 N–H and O–H groups in total. The average molecular weight is 346 g/mol. The fourth-order valence-corrected chi connectivity index (χ4v) is 3.25. The Morgan fingerprint density at radius 2 is 1.85 bits per heavy atom. The molecule has 5 heteroatoms. The second-order valence-corrected chi connectivity index (χ2v) is 6.60. The van der Waals surface area contributed by atoms with E-state index in [-0.39, 0.29) is 0 Å².